The Balaban J connectivity index is 1.18. The van der Waals surface area contributed by atoms with E-state index in [4.69, 9.17) is 20.8 Å². The van der Waals surface area contributed by atoms with Gasteiger partial charge in [0.05, 0.1) is 47.2 Å². The number of nitrogens with one attached hydrogen (secondary N) is 3. The fourth-order valence-electron chi connectivity index (χ4n) is 6.05. The molecule has 2 saturated heterocycles. The lowest BCUT2D eigenvalue weighted by atomic mass is 10.0. The van der Waals surface area contributed by atoms with E-state index in [1.165, 1.54) is 0 Å². The number of anilines is 2. The van der Waals surface area contributed by atoms with Gasteiger partial charge in [0.2, 0.25) is 0 Å². The second-order valence-electron chi connectivity index (χ2n) is 11.3. The zero-order valence-corrected chi connectivity index (χ0v) is 26.8. The van der Waals surface area contributed by atoms with Crippen molar-refractivity contribution in [1.82, 2.24) is 59.5 Å². The van der Waals surface area contributed by atoms with E-state index in [1.54, 1.807) is 37.0 Å². The second kappa shape index (κ2) is 11.4. The van der Waals surface area contributed by atoms with Crippen molar-refractivity contribution in [3.8, 4) is 22.3 Å². The van der Waals surface area contributed by atoms with Crippen LogP contribution in [0.4, 0.5) is 11.6 Å². The van der Waals surface area contributed by atoms with Crippen molar-refractivity contribution in [2.24, 2.45) is 7.05 Å². The van der Waals surface area contributed by atoms with Gasteiger partial charge in [-0.25, -0.2) is 9.97 Å². The van der Waals surface area contributed by atoms with Crippen molar-refractivity contribution in [1.29, 1.82) is 0 Å². The molecule has 0 amide bonds. The quantitative estimate of drug-likeness (QED) is 0.189. The predicted molar refractivity (Wildman–Crippen MR) is 174 cm³/mol. The van der Waals surface area contributed by atoms with Crippen molar-refractivity contribution in [2.45, 2.75) is 30.6 Å². The highest BCUT2D eigenvalue weighted by Gasteiger charge is 2.31. The van der Waals surface area contributed by atoms with Crippen LogP contribution in [-0.4, -0.2) is 78.8 Å². The van der Waals surface area contributed by atoms with Crippen molar-refractivity contribution < 1.29 is 4.55 Å². The van der Waals surface area contributed by atoms with E-state index in [0.29, 0.717) is 40.9 Å². The zero-order valence-electron chi connectivity index (χ0n) is 24.4. The van der Waals surface area contributed by atoms with Crippen molar-refractivity contribution in [3.05, 3.63) is 59.1 Å². The Bertz CT molecular complexity index is 2020. The minimum atomic E-state index is -1.03. The molecule has 0 saturated carbocycles. The lowest BCUT2D eigenvalue weighted by molar-refractivity contribution is 0.404. The highest BCUT2D eigenvalue weighted by Crippen LogP contribution is 2.36. The van der Waals surface area contributed by atoms with Gasteiger partial charge in [-0.3, -0.25) is 10.1 Å². The number of rotatable bonds is 6. The molecule has 45 heavy (non-hydrogen) atoms. The molecule has 0 aromatic carbocycles. The van der Waals surface area contributed by atoms with Gasteiger partial charge in [0.15, 0.2) is 22.4 Å². The molecule has 0 aliphatic carbocycles. The predicted octanol–water partition coefficient (Wildman–Crippen LogP) is 2.46. The molecule has 17 heteroatoms. The molecular formula is C28H31BrN14OS. The first-order valence-corrected chi connectivity index (χ1v) is 17.0. The summed E-state index contributed by atoms with van der Waals surface area (Å²) in [5.41, 5.74) is 16.1. The van der Waals surface area contributed by atoms with E-state index in [1.807, 2.05) is 31.8 Å². The Morgan fingerprint density at radius 1 is 0.978 bits per heavy atom. The van der Waals surface area contributed by atoms with Gasteiger partial charge < -0.3 is 20.9 Å². The summed E-state index contributed by atoms with van der Waals surface area (Å²) in [7, 11) is 1.89. The molecule has 6 aromatic heterocycles. The topological polar surface area (TPSA) is 181 Å². The average molecular weight is 692 g/mol. The fourth-order valence-corrected chi connectivity index (χ4v) is 8.00. The molecule has 8 rings (SSSR count). The number of nitrogens with two attached hydrogens (primary N) is 1. The fraction of sp³-hybridized carbons (Fsp3) is 0.357. The van der Waals surface area contributed by atoms with Gasteiger partial charge >= 0.3 is 0 Å². The average Bonchev–Trinajstić information content (AvgIpc) is 3.85. The summed E-state index contributed by atoms with van der Waals surface area (Å²) in [6.07, 6.45) is 14.2. The summed E-state index contributed by atoms with van der Waals surface area (Å²) in [5, 5.41) is 24.9. The van der Waals surface area contributed by atoms with Gasteiger partial charge in [0.25, 0.3) is 0 Å². The van der Waals surface area contributed by atoms with E-state index >= 15 is 0 Å². The van der Waals surface area contributed by atoms with E-state index in [9.17, 15) is 4.55 Å². The first-order chi connectivity index (χ1) is 21.9. The van der Waals surface area contributed by atoms with Crippen LogP contribution in [0.3, 0.4) is 0 Å². The maximum Gasteiger partial charge on any atom is 0.169 e. The van der Waals surface area contributed by atoms with Gasteiger partial charge in [0.1, 0.15) is 17.3 Å². The van der Waals surface area contributed by atoms with E-state index in [0.717, 1.165) is 64.8 Å². The monoisotopic (exact) mass is 690 g/mol. The van der Waals surface area contributed by atoms with Crippen LogP contribution in [0.1, 0.15) is 41.9 Å². The molecule has 0 bridgehead atoms. The third-order valence-electron chi connectivity index (χ3n) is 8.36. The highest BCUT2D eigenvalue weighted by atomic mass is 79.9. The van der Waals surface area contributed by atoms with E-state index in [-0.39, 0.29) is 11.3 Å². The summed E-state index contributed by atoms with van der Waals surface area (Å²) < 4.78 is 18.7. The Morgan fingerprint density at radius 2 is 1.76 bits per heavy atom. The first kappa shape index (κ1) is 28.4. The molecular weight excluding hydrogens is 660 g/mol. The summed E-state index contributed by atoms with van der Waals surface area (Å²) in [4.78, 5) is 11.6. The van der Waals surface area contributed by atoms with Crippen molar-refractivity contribution in [3.63, 3.8) is 0 Å². The molecule has 2 fully saturated rings. The molecule has 2 aliphatic rings. The van der Waals surface area contributed by atoms with Gasteiger partial charge in [-0.2, -0.15) is 34.2 Å². The molecule has 2 aliphatic heterocycles. The lowest BCUT2D eigenvalue weighted by Crippen LogP contribution is -2.39. The Hall–Kier alpha value is -4.03. The molecule has 3 atom stereocenters. The van der Waals surface area contributed by atoms with Crippen LogP contribution in [-0.2, 0) is 18.2 Å². The number of hydrogen-bond donors (Lipinski definition) is 4. The summed E-state index contributed by atoms with van der Waals surface area (Å²) in [6.45, 7) is 2.26. The number of piperidine rings is 1. The molecule has 0 radical (unpaired) electrons. The number of fused-ring (bicyclic) bond motifs is 2. The molecule has 8 heterocycles. The summed E-state index contributed by atoms with van der Waals surface area (Å²) in [6, 6.07) is 1.86. The van der Waals surface area contributed by atoms with Gasteiger partial charge in [0, 0.05) is 54.7 Å². The minimum Gasteiger partial charge on any atom is -0.616 e. The van der Waals surface area contributed by atoms with Crippen molar-refractivity contribution in [2.75, 3.05) is 36.5 Å². The van der Waals surface area contributed by atoms with Crippen molar-refractivity contribution >= 4 is 50.0 Å². The molecule has 5 N–H and O–H groups in total. The maximum atomic E-state index is 12.8. The number of nitrogen functional groups attached to an aromatic ring is 1. The Labute approximate surface area is 268 Å². The van der Waals surface area contributed by atoms with Crippen LogP contribution in [0.2, 0.25) is 0 Å². The minimum absolute atomic E-state index is 0.0988. The Morgan fingerprint density at radius 3 is 2.51 bits per heavy atom. The van der Waals surface area contributed by atoms with E-state index < -0.39 is 11.2 Å². The van der Waals surface area contributed by atoms with E-state index in [2.05, 4.69) is 47.3 Å². The zero-order chi connectivity index (χ0) is 30.7. The SMILES string of the molecule is Cn1cc(-c2cnn3c(Nn4cc(-c5cnn6c(N)cc(C7CNCC[S+]7[O-])nc56)cn4)c(Br)c(C4CCCCN4)nc23)cn1. The third-order valence-corrected chi connectivity index (χ3v) is 10.8. The van der Waals surface area contributed by atoms with Crippen LogP contribution in [0.25, 0.3) is 33.5 Å². The maximum absolute atomic E-state index is 12.8. The molecule has 232 valence electrons. The smallest absolute Gasteiger partial charge is 0.169 e. The van der Waals surface area contributed by atoms with Gasteiger partial charge in [-0.05, 0) is 46.5 Å². The molecule has 0 spiro atoms. The van der Waals surface area contributed by atoms with Crippen LogP contribution in [0.15, 0.2) is 47.7 Å². The lowest BCUT2D eigenvalue weighted by Gasteiger charge is -2.26. The number of nitrogens with zero attached hydrogens (tertiary/aromatic N) is 10. The Kier molecular flexibility index (Phi) is 7.21. The number of aryl methyl sites for hydroxylation is 1. The third kappa shape index (κ3) is 5.04. The number of aromatic nitrogens is 10. The normalized spacial score (nSPS) is 20.7. The summed E-state index contributed by atoms with van der Waals surface area (Å²) in [5.74, 6) is 1.70. The first-order valence-electron chi connectivity index (χ1n) is 14.8. The number of halogens is 1. The summed E-state index contributed by atoms with van der Waals surface area (Å²) >= 11 is 2.82. The molecule has 15 nitrogen and oxygen atoms in total. The van der Waals surface area contributed by atoms with Crippen LogP contribution in [0.5, 0.6) is 0 Å². The van der Waals surface area contributed by atoms with Crippen LogP contribution < -0.4 is 21.8 Å². The highest BCUT2D eigenvalue weighted by molar-refractivity contribution is 9.10. The number of hydrogen-bond acceptors (Lipinski definition) is 11. The second-order valence-corrected chi connectivity index (χ2v) is 13.9. The largest absolute Gasteiger partial charge is 0.616 e. The van der Waals surface area contributed by atoms with Gasteiger partial charge in [-0.1, -0.05) is 6.42 Å². The van der Waals surface area contributed by atoms with Gasteiger partial charge in [-0.15, -0.1) is 0 Å². The standard InChI is InChI=1S/C28H31BrN14OS/c1-40-14-16(9-33-40)18-12-36-43-27(18)38-25(20-4-2-3-5-32-20)24(29)28(43)39-41-15-17(10-34-41)19-11-35-42-23(30)8-21(37-26(19)42)22-13-31-6-7-45(22)44/h8-12,14-15,20,22,31-32,39H,2-7,13,30H2,1H3. The van der Waals surface area contributed by atoms with Crippen LogP contribution in [0, 0.1) is 0 Å². The molecule has 6 aromatic rings. The molecule has 3 unspecified atom stereocenters. The van der Waals surface area contributed by atoms with Crippen LogP contribution >= 0.6 is 15.9 Å².